The SMILES string of the molecule is CC(C)NC(=O)C(C)N1CCCC(Br)C1=O. The maximum Gasteiger partial charge on any atom is 0.242 e. The number of nitrogens with one attached hydrogen (secondary N) is 1. The fourth-order valence-electron chi connectivity index (χ4n) is 1.79. The zero-order valence-electron chi connectivity index (χ0n) is 10.00. The lowest BCUT2D eigenvalue weighted by molar-refractivity contribution is -0.141. The molecule has 2 amide bonds. The molecule has 0 radical (unpaired) electrons. The molecule has 1 saturated heterocycles. The first-order valence-corrected chi connectivity index (χ1v) is 6.60. The number of piperidine rings is 1. The summed E-state index contributed by atoms with van der Waals surface area (Å²) in [6.45, 7) is 6.28. The minimum Gasteiger partial charge on any atom is -0.352 e. The van der Waals surface area contributed by atoms with Crippen LogP contribution in [0, 0.1) is 0 Å². The molecular weight excluding hydrogens is 272 g/mol. The van der Waals surface area contributed by atoms with Crippen molar-refractivity contribution in [3.8, 4) is 0 Å². The molecule has 2 unspecified atom stereocenters. The minimum absolute atomic E-state index is 0.0256. The van der Waals surface area contributed by atoms with Crippen molar-refractivity contribution < 1.29 is 9.59 Å². The monoisotopic (exact) mass is 290 g/mol. The van der Waals surface area contributed by atoms with E-state index >= 15 is 0 Å². The summed E-state index contributed by atoms with van der Waals surface area (Å²) in [5.41, 5.74) is 0. The van der Waals surface area contributed by atoms with Gasteiger partial charge in [-0.05, 0) is 33.6 Å². The van der Waals surface area contributed by atoms with Crippen LogP contribution in [-0.2, 0) is 9.59 Å². The normalized spacial score (nSPS) is 23.4. The topological polar surface area (TPSA) is 49.4 Å². The molecule has 1 N–H and O–H groups in total. The van der Waals surface area contributed by atoms with E-state index in [1.54, 1.807) is 11.8 Å². The molecule has 0 aromatic rings. The van der Waals surface area contributed by atoms with Crippen LogP contribution in [-0.4, -0.2) is 40.2 Å². The van der Waals surface area contributed by atoms with Gasteiger partial charge in [-0.15, -0.1) is 0 Å². The standard InChI is InChI=1S/C11H19BrN2O2/c1-7(2)13-10(15)8(3)14-6-4-5-9(12)11(14)16/h7-9H,4-6H2,1-3H3,(H,13,15). The second-order valence-corrected chi connectivity index (χ2v) is 5.59. The summed E-state index contributed by atoms with van der Waals surface area (Å²) in [4.78, 5) is 25.2. The van der Waals surface area contributed by atoms with E-state index in [4.69, 9.17) is 0 Å². The number of carbonyl (C=O) groups excluding carboxylic acids is 2. The number of amides is 2. The van der Waals surface area contributed by atoms with Gasteiger partial charge in [0.2, 0.25) is 11.8 Å². The summed E-state index contributed by atoms with van der Waals surface area (Å²) in [6, 6.07) is -0.273. The number of alkyl halides is 1. The Hall–Kier alpha value is -0.580. The molecule has 0 aromatic carbocycles. The number of hydrogen-bond donors (Lipinski definition) is 1. The molecule has 4 nitrogen and oxygen atoms in total. The molecule has 16 heavy (non-hydrogen) atoms. The molecule has 0 saturated carbocycles. The third-order valence-electron chi connectivity index (χ3n) is 2.69. The molecular formula is C11H19BrN2O2. The van der Waals surface area contributed by atoms with Crippen molar-refractivity contribution >= 4 is 27.7 Å². The average molecular weight is 291 g/mol. The Labute approximate surface area is 105 Å². The van der Waals surface area contributed by atoms with Gasteiger partial charge >= 0.3 is 0 Å². The van der Waals surface area contributed by atoms with Crippen LogP contribution in [0.15, 0.2) is 0 Å². The van der Waals surface area contributed by atoms with Crippen LogP contribution in [0.2, 0.25) is 0 Å². The number of hydrogen-bond acceptors (Lipinski definition) is 2. The fourth-order valence-corrected chi connectivity index (χ4v) is 2.37. The van der Waals surface area contributed by atoms with E-state index < -0.39 is 0 Å². The quantitative estimate of drug-likeness (QED) is 0.796. The van der Waals surface area contributed by atoms with Crippen LogP contribution in [0.1, 0.15) is 33.6 Å². The minimum atomic E-state index is -0.379. The number of carbonyl (C=O) groups is 2. The summed E-state index contributed by atoms with van der Waals surface area (Å²) in [5.74, 6) is -0.0531. The lowest BCUT2D eigenvalue weighted by atomic mass is 10.1. The van der Waals surface area contributed by atoms with Crippen molar-refractivity contribution in [3.05, 3.63) is 0 Å². The third kappa shape index (κ3) is 3.20. The van der Waals surface area contributed by atoms with Gasteiger partial charge in [-0.2, -0.15) is 0 Å². The van der Waals surface area contributed by atoms with Gasteiger partial charge in [0.25, 0.3) is 0 Å². The van der Waals surface area contributed by atoms with Gasteiger partial charge in [-0.3, -0.25) is 9.59 Å². The van der Waals surface area contributed by atoms with E-state index in [0.29, 0.717) is 6.54 Å². The zero-order chi connectivity index (χ0) is 12.3. The number of nitrogens with zero attached hydrogens (tertiary/aromatic N) is 1. The summed E-state index contributed by atoms with van der Waals surface area (Å²) in [5, 5.41) is 2.83. The van der Waals surface area contributed by atoms with Crippen molar-refractivity contribution in [1.82, 2.24) is 10.2 Å². The molecule has 1 aliphatic heterocycles. The smallest absolute Gasteiger partial charge is 0.242 e. The van der Waals surface area contributed by atoms with Crippen molar-refractivity contribution in [3.63, 3.8) is 0 Å². The van der Waals surface area contributed by atoms with Crippen LogP contribution in [0.3, 0.4) is 0 Å². The summed E-state index contributed by atoms with van der Waals surface area (Å²) in [6.07, 6.45) is 1.80. The molecule has 0 spiro atoms. The van der Waals surface area contributed by atoms with E-state index in [9.17, 15) is 9.59 Å². The Morgan fingerprint density at radius 1 is 1.50 bits per heavy atom. The van der Waals surface area contributed by atoms with Crippen LogP contribution < -0.4 is 5.32 Å². The molecule has 1 rings (SSSR count). The van der Waals surface area contributed by atoms with Gasteiger partial charge in [0.05, 0.1) is 4.83 Å². The Morgan fingerprint density at radius 3 is 2.69 bits per heavy atom. The van der Waals surface area contributed by atoms with Crippen molar-refractivity contribution in [2.75, 3.05) is 6.54 Å². The molecule has 0 bridgehead atoms. The predicted octanol–water partition coefficient (Wildman–Crippen LogP) is 1.29. The summed E-state index contributed by atoms with van der Waals surface area (Å²) in [7, 11) is 0. The maximum atomic E-state index is 11.9. The zero-order valence-corrected chi connectivity index (χ0v) is 11.6. The third-order valence-corrected chi connectivity index (χ3v) is 3.54. The highest BCUT2D eigenvalue weighted by atomic mass is 79.9. The molecule has 0 aromatic heterocycles. The first kappa shape index (κ1) is 13.5. The van der Waals surface area contributed by atoms with Crippen LogP contribution in [0.4, 0.5) is 0 Å². The molecule has 2 atom stereocenters. The number of likely N-dealkylation sites (tertiary alicyclic amines) is 1. The summed E-state index contributed by atoms with van der Waals surface area (Å²) >= 11 is 3.34. The number of rotatable bonds is 3. The van der Waals surface area contributed by atoms with Gasteiger partial charge in [-0.1, -0.05) is 15.9 Å². The van der Waals surface area contributed by atoms with Crippen molar-refractivity contribution in [2.45, 2.75) is 50.5 Å². The highest BCUT2D eigenvalue weighted by Gasteiger charge is 2.32. The molecule has 1 aliphatic rings. The molecule has 0 aliphatic carbocycles. The van der Waals surface area contributed by atoms with Crippen LogP contribution >= 0.6 is 15.9 Å². The lowest BCUT2D eigenvalue weighted by Gasteiger charge is -2.34. The van der Waals surface area contributed by atoms with E-state index in [1.807, 2.05) is 13.8 Å². The summed E-state index contributed by atoms with van der Waals surface area (Å²) < 4.78 is 0. The second-order valence-electron chi connectivity index (χ2n) is 4.48. The average Bonchev–Trinajstić information content (AvgIpc) is 2.20. The van der Waals surface area contributed by atoms with Crippen LogP contribution in [0.25, 0.3) is 0 Å². The molecule has 92 valence electrons. The highest BCUT2D eigenvalue weighted by Crippen LogP contribution is 2.20. The Kier molecular flexibility index (Phi) is 4.77. The number of halogens is 1. The maximum absolute atomic E-state index is 11.9. The van der Waals surface area contributed by atoms with E-state index in [2.05, 4.69) is 21.2 Å². The van der Waals surface area contributed by atoms with Crippen LogP contribution in [0.5, 0.6) is 0 Å². The van der Waals surface area contributed by atoms with Gasteiger partial charge in [-0.25, -0.2) is 0 Å². The van der Waals surface area contributed by atoms with Crippen molar-refractivity contribution in [2.24, 2.45) is 0 Å². The molecule has 1 heterocycles. The van der Waals surface area contributed by atoms with Gasteiger partial charge in [0, 0.05) is 12.6 Å². The Balaban J connectivity index is 2.61. The van der Waals surface area contributed by atoms with Gasteiger partial charge in [0.15, 0.2) is 0 Å². The lowest BCUT2D eigenvalue weighted by Crippen LogP contribution is -2.53. The predicted molar refractivity (Wildman–Crippen MR) is 66.4 cm³/mol. The second kappa shape index (κ2) is 5.66. The van der Waals surface area contributed by atoms with Gasteiger partial charge < -0.3 is 10.2 Å². The van der Waals surface area contributed by atoms with E-state index in [1.165, 1.54) is 0 Å². The Morgan fingerprint density at radius 2 is 2.12 bits per heavy atom. The molecule has 1 fully saturated rings. The fraction of sp³-hybridized carbons (Fsp3) is 0.818. The first-order chi connectivity index (χ1) is 7.43. The van der Waals surface area contributed by atoms with E-state index in [-0.39, 0.29) is 28.7 Å². The largest absolute Gasteiger partial charge is 0.352 e. The highest BCUT2D eigenvalue weighted by molar-refractivity contribution is 9.10. The first-order valence-electron chi connectivity index (χ1n) is 5.68. The van der Waals surface area contributed by atoms with Crippen molar-refractivity contribution in [1.29, 1.82) is 0 Å². The van der Waals surface area contributed by atoms with Gasteiger partial charge in [0.1, 0.15) is 6.04 Å². The molecule has 5 heteroatoms. The Bertz CT molecular complexity index is 281. The van der Waals surface area contributed by atoms with E-state index in [0.717, 1.165) is 12.8 Å².